The third-order valence-corrected chi connectivity index (χ3v) is 2.93. The minimum Gasteiger partial charge on any atom is -0.466 e. The van der Waals surface area contributed by atoms with Crippen molar-refractivity contribution in [2.75, 3.05) is 6.54 Å². The number of carbonyl (C=O) groups excluding carboxylic acids is 1. The van der Waals surface area contributed by atoms with E-state index in [1.165, 1.54) is 6.26 Å². The topological polar surface area (TPSA) is 75.6 Å². The maximum atomic E-state index is 12.0. The predicted molar refractivity (Wildman–Crippen MR) is 68.8 cm³/mol. The first-order valence-corrected chi connectivity index (χ1v) is 6.02. The fourth-order valence-electron chi connectivity index (χ4n) is 1.88. The zero-order chi connectivity index (χ0) is 14.0. The predicted octanol–water partition coefficient (Wildman–Crippen LogP) is 2.13. The summed E-state index contributed by atoms with van der Waals surface area (Å²) in [5, 5.41) is 12.9. The van der Waals surface area contributed by atoms with Crippen molar-refractivity contribution in [2.45, 2.75) is 26.4 Å². The fraction of sp³-hybridized carbons (Fsp3) is 0.357. The molecule has 0 radical (unpaired) electrons. The van der Waals surface area contributed by atoms with Crippen molar-refractivity contribution < 1.29 is 18.7 Å². The molecule has 0 aliphatic heterocycles. The minimum absolute atomic E-state index is 0.0585. The van der Waals surface area contributed by atoms with E-state index in [-0.39, 0.29) is 12.5 Å². The van der Waals surface area contributed by atoms with Gasteiger partial charge in [0, 0.05) is 0 Å². The highest BCUT2D eigenvalue weighted by molar-refractivity contribution is 5.95. The van der Waals surface area contributed by atoms with Gasteiger partial charge in [-0.05, 0) is 39.0 Å². The van der Waals surface area contributed by atoms with E-state index in [2.05, 4.69) is 5.32 Å². The van der Waals surface area contributed by atoms with E-state index in [0.717, 1.165) is 0 Å². The Morgan fingerprint density at radius 3 is 2.74 bits per heavy atom. The van der Waals surface area contributed by atoms with Crippen LogP contribution in [0.1, 0.15) is 34.6 Å². The van der Waals surface area contributed by atoms with Crippen molar-refractivity contribution in [3.63, 3.8) is 0 Å². The lowest BCUT2D eigenvalue weighted by Gasteiger charge is -2.20. The van der Waals surface area contributed by atoms with E-state index in [9.17, 15) is 9.90 Å². The van der Waals surface area contributed by atoms with Gasteiger partial charge in [0.05, 0.1) is 18.4 Å². The van der Waals surface area contributed by atoms with Crippen molar-refractivity contribution in [2.24, 2.45) is 0 Å². The third kappa shape index (κ3) is 2.88. The second-order valence-electron chi connectivity index (χ2n) is 4.76. The molecule has 5 heteroatoms. The zero-order valence-corrected chi connectivity index (χ0v) is 11.2. The van der Waals surface area contributed by atoms with E-state index in [1.807, 2.05) is 0 Å². The molecule has 0 saturated carbocycles. The van der Waals surface area contributed by atoms with Crippen LogP contribution in [0, 0.1) is 13.8 Å². The van der Waals surface area contributed by atoms with Gasteiger partial charge in [0.2, 0.25) is 0 Å². The van der Waals surface area contributed by atoms with Crippen LogP contribution in [0.25, 0.3) is 0 Å². The van der Waals surface area contributed by atoms with Crippen LogP contribution in [0.4, 0.5) is 0 Å². The van der Waals surface area contributed by atoms with Crippen LogP contribution < -0.4 is 5.32 Å². The van der Waals surface area contributed by atoms with E-state index in [0.29, 0.717) is 22.8 Å². The van der Waals surface area contributed by atoms with Gasteiger partial charge in [-0.15, -0.1) is 0 Å². The molecule has 0 aliphatic carbocycles. The van der Waals surface area contributed by atoms with Crippen LogP contribution in [0.15, 0.2) is 33.3 Å². The molecule has 0 spiro atoms. The highest BCUT2D eigenvalue weighted by Gasteiger charge is 2.27. The Morgan fingerprint density at radius 2 is 2.21 bits per heavy atom. The quantitative estimate of drug-likeness (QED) is 0.886. The fourth-order valence-corrected chi connectivity index (χ4v) is 1.88. The van der Waals surface area contributed by atoms with Crippen molar-refractivity contribution in [3.8, 4) is 0 Å². The van der Waals surface area contributed by atoms with E-state index in [4.69, 9.17) is 8.83 Å². The Morgan fingerprint density at radius 1 is 1.47 bits per heavy atom. The van der Waals surface area contributed by atoms with Crippen LogP contribution >= 0.6 is 0 Å². The maximum absolute atomic E-state index is 12.0. The number of amides is 1. The first kappa shape index (κ1) is 13.4. The number of hydrogen-bond acceptors (Lipinski definition) is 4. The van der Waals surface area contributed by atoms with Gasteiger partial charge in [-0.25, -0.2) is 0 Å². The first-order chi connectivity index (χ1) is 8.90. The molecule has 2 N–H and O–H groups in total. The van der Waals surface area contributed by atoms with Crippen molar-refractivity contribution in [1.82, 2.24) is 5.32 Å². The Balaban J connectivity index is 2.03. The van der Waals surface area contributed by atoms with Crippen molar-refractivity contribution >= 4 is 5.91 Å². The van der Waals surface area contributed by atoms with Gasteiger partial charge in [-0.1, -0.05) is 0 Å². The van der Waals surface area contributed by atoms with Gasteiger partial charge in [0.25, 0.3) is 5.91 Å². The molecule has 0 aliphatic rings. The number of furan rings is 2. The molecule has 0 saturated heterocycles. The largest absolute Gasteiger partial charge is 0.466 e. The van der Waals surface area contributed by atoms with Crippen LogP contribution in [-0.4, -0.2) is 17.6 Å². The van der Waals surface area contributed by atoms with Gasteiger partial charge < -0.3 is 19.3 Å². The summed E-state index contributed by atoms with van der Waals surface area (Å²) in [5.41, 5.74) is -0.765. The molecule has 102 valence electrons. The lowest BCUT2D eigenvalue weighted by atomic mass is 10.0. The highest BCUT2D eigenvalue weighted by Crippen LogP contribution is 2.20. The number of rotatable bonds is 4. The summed E-state index contributed by atoms with van der Waals surface area (Å²) in [5.74, 6) is 1.38. The summed E-state index contributed by atoms with van der Waals surface area (Å²) >= 11 is 0. The van der Waals surface area contributed by atoms with Crippen molar-refractivity contribution in [1.29, 1.82) is 0 Å². The third-order valence-electron chi connectivity index (χ3n) is 2.93. The molecule has 2 rings (SSSR count). The molecule has 2 aromatic rings. The standard InChI is InChI=1S/C14H17NO4/c1-9-7-11(10(2)19-9)13(16)15-8-14(3,17)12-5-4-6-18-12/h4-7,17H,8H2,1-3H3,(H,15,16)/t14-/m1/s1. The van der Waals surface area contributed by atoms with Gasteiger partial charge >= 0.3 is 0 Å². The van der Waals surface area contributed by atoms with E-state index >= 15 is 0 Å². The number of hydrogen-bond donors (Lipinski definition) is 2. The molecule has 2 heterocycles. The zero-order valence-electron chi connectivity index (χ0n) is 11.2. The molecule has 5 nitrogen and oxygen atoms in total. The number of nitrogens with one attached hydrogen (secondary N) is 1. The second-order valence-corrected chi connectivity index (χ2v) is 4.76. The van der Waals surface area contributed by atoms with Gasteiger partial charge in [0.15, 0.2) is 0 Å². The molecule has 0 fully saturated rings. The SMILES string of the molecule is Cc1cc(C(=O)NC[C@@](C)(O)c2ccco2)c(C)o1. The summed E-state index contributed by atoms with van der Waals surface area (Å²) < 4.78 is 10.4. The van der Waals surface area contributed by atoms with Crippen LogP contribution in [0.5, 0.6) is 0 Å². The van der Waals surface area contributed by atoms with Gasteiger partial charge in [0.1, 0.15) is 22.9 Å². The Hall–Kier alpha value is -2.01. The smallest absolute Gasteiger partial charge is 0.254 e. The second kappa shape index (κ2) is 4.93. The molecule has 1 amide bonds. The molecule has 0 aromatic carbocycles. The maximum Gasteiger partial charge on any atom is 0.254 e. The van der Waals surface area contributed by atoms with Crippen molar-refractivity contribution in [3.05, 3.63) is 47.3 Å². The monoisotopic (exact) mass is 263 g/mol. The van der Waals surface area contributed by atoms with Crippen LogP contribution in [0.3, 0.4) is 0 Å². The summed E-state index contributed by atoms with van der Waals surface area (Å²) in [7, 11) is 0. The molecular weight excluding hydrogens is 246 g/mol. The molecule has 1 atom stereocenters. The average Bonchev–Trinajstić information content (AvgIpc) is 2.96. The molecule has 2 aromatic heterocycles. The van der Waals surface area contributed by atoms with E-state index < -0.39 is 5.60 Å². The van der Waals surface area contributed by atoms with Crippen LogP contribution in [-0.2, 0) is 5.60 Å². The first-order valence-electron chi connectivity index (χ1n) is 6.02. The molecule has 0 unspecified atom stereocenters. The Kier molecular flexibility index (Phi) is 3.48. The average molecular weight is 263 g/mol. The van der Waals surface area contributed by atoms with E-state index in [1.54, 1.807) is 39.0 Å². The summed E-state index contributed by atoms with van der Waals surface area (Å²) in [4.78, 5) is 12.0. The molecule has 0 bridgehead atoms. The number of aliphatic hydroxyl groups is 1. The minimum atomic E-state index is -1.24. The lowest BCUT2D eigenvalue weighted by molar-refractivity contribution is 0.0330. The molecular formula is C14H17NO4. The summed E-state index contributed by atoms with van der Waals surface area (Å²) in [6.45, 7) is 5.15. The van der Waals surface area contributed by atoms with Gasteiger partial charge in [-0.2, -0.15) is 0 Å². The van der Waals surface area contributed by atoms with Gasteiger partial charge in [-0.3, -0.25) is 4.79 Å². The summed E-state index contributed by atoms with van der Waals surface area (Å²) in [6, 6.07) is 5.03. The number of aryl methyl sites for hydroxylation is 2. The lowest BCUT2D eigenvalue weighted by Crippen LogP contribution is -2.38. The highest BCUT2D eigenvalue weighted by atomic mass is 16.4. The Labute approximate surface area is 111 Å². The Bertz CT molecular complexity index is 566. The number of carbonyl (C=O) groups is 1. The molecule has 19 heavy (non-hydrogen) atoms. The van der Waals surface area contributed by atoms with Crippen LogP contribution in [0.2, 0.25) is 0 Å². The normalized spacial score (nSPS) is 14.1. The summed E-state index contributed by atoms with van der Waals surface area (Å²) in [6.07, 6.45) is 1.48.